The number of benzene rings is 1. The maximum absolute atomic E-state index is 6.10. The topological polar surface area (TPSA) is 12.0 Å². The summed E-state index contributed by atoms with van der Waals surface area (Å²) in [5.41, 5.74) is 1.11. The molecule has 0 aliphatic heterocycles. The molecule has 0 saturated carbocycles. The van der Waals surface area contributed by atoms with Crippen LogP contribution in [0.15, 0.2) is 30.3 Å². The number of rotatable bonds is 6. The lowest BCUT2D eigenvalue weighted by Gasteiger charge is -2.19. The predicted molar refractivity (Wildman–Crippen MR) is 90.5 cm³/mol. The van der Waals surface area contributed by atoms with Crippen molar-refractivity contribution >= 4 is 46.1 Å². The smallest absolute Gasteiger partial charge is 0.0931 e. The highest BCUT2D eigenvalue weighted by Gasteiger charge is 2.14. The van der Waals surface area contributed by atoms with Crippen LogP contribution in [0, 0.1) is 0 Å². The Morgan fingerprint density at radius 3 is 2.35 bits per heavy atom. The third-order valence-corrected chi connectivity index (χ3v) is 4.65. The molecule has 0 aliphatic rings. The van der Waals surface area contributed by atoms with Crippen molar-refractivity contribution in [2.24, 2.45) is 0 Å². The fraction of sp³-hybridized carbons (Fsp3) is 0.333. The zero-order chi connectivity index (χ0) is 14.5. The molecule has 0 radical (unpaired) electrons. The maximum Gasteiger partial charge on any atom is 0.0931 e. The van der Waals surface area contributed by atoms with Crippen molar-refractivity contribution in [2.75, 3.05) is 6.54 Å². The van der Waals surface area contributed by atoms with E-state index in [1.54, 1.807) is 17.4 Å². The highest BCUT2D eigenvalue weighted by molar-refractivity contribution is 7.16. The van der Waals surface area contributed by atoms with Crippen LogP contribution < -0.4 is 5.32 Å². The standard InChI is InChI=1S/C15H16Cl3NS/c1-2-5-19-14(9-13-3-4-15(18)20-13)10-6-11(16)8-12(17)7-10/h3-4,6-8,14,19H,2,5,9H2,1H3. The van der Waals surface area contributed by atoms with Gasteiger partial charge < -0.3 is 5.32 Å². The van der Waals surface area contributed by atoms with Crippen molar-refractivity contribution in [3.63, 3.8) is 0 Å². The van der Waals surface area contributed by atoms with Gasteiger partial charge in [0.1, 0.15) is 0 Å². The summed E-state index contributed by atoms with van der Waals surface area (Å²) in [6, 6.07) is 9.89. The Bertz CT molecular complexity index is 548. The second-order valence-corrected chi connectivity index (χ2v) is 7.29. The zero-order valence-corrected chi connectivity index (χ0v) is 14.2. The molecule has 2 aromatic rings. The first kappa shape index (κ1) is 16.1. The lowest BCUT2D eigenvalue weighted by atomic mass is 10.0. The number of hydrogen-bond donors (Lipinski definition) is 1. The van der Waals surface area contributed by atoms with Gasteiger partial charge in [-0.3, -0.25) is 0 Å². The van der Waals surface area contributed by atoms with Crippen LogP contribution in [-0.4, -0.2) is 6.54 Å². The molecule has 0 saturated heterocycles. The highest BCUT2D eigenvalue weighted by atomic mass is 35.5. The minimum atomic E-state index is 0.195. The molecule has 0 fully saturated rings. The third kappa shape index (κ3) is 4.64. The maximum atomic E-state index is 6.10. The van der Waals surface area contributed by atoms with E-state index < -0.39 is 0 Å². The molecule has 20 heavy (non-hydrogen) atoms. The van der Waals surface area contributed by atoms with Gasteiger partial charge in [0.2, 0.25) is 0 Å². The minimum absolute atomic E-state index is 0.195. The minimum Gasteiger partial charge on any atom is -0.310 e. The predicted octanol–water partition coefficient (Wildman–Crippen LogP) is 5.99. The lowest BCUT2D eigenvalue weighted by molar-refractivity contribution is 0.532. The van der Waals surface area contributed by atoms with E-state index in [1.807, 2.05) is 18.2 Å². The molecule has 0 amide bonds. The molecular weight excluding hydrogens is 333 g/mol. The fourth-order valence-corrected chi connectivity index (χ4v) is 3.74. The second kappa shape index (κ2) is 7.67. The van der Waals surface area contributed by atoms with Crippen molar-refractivity contribution in [1.29, 1.82) is 0 Å². The first-order chi connectivity index (χ1) is 9.58. The van der Waals surface area contributed by atoms with Gasteiger partial charge in [-0.15, -0.1) is 11.3 Å². The molecular formula is C15H16Cl3NS. The van der Waals surface area contributed by atoms with Crippen LogP contribution in [0.4, 0.5) is 0 Å². The van der Waals surface area contributed by atoms with Crippen LogP contribution >= 0.6 is 46.1 Å². The van der Waals surface area contributed by atoms with Gasteiger partial charge in [0.05, 0.1) is 4.34 Å². The molecule has 0 spiro atoms. The summed E-state index contributed by atoms with van der Waals surface area (Å²) >= 11 is 19.8. The first-order valence-corrected chi connectivity index (χ1v) is 8.47. The van der Waals surface area contributed by atoms with E-state index >= 15 is 0 Å². The number of thiophene rings is 1. The van der Waals surface area contributed by atoms with E-state index in [9.17, 15) is 0 Å². The van der Waals surface area contributed by atoms with E-state index in [2.05, 4.69) is 18.3 Å². The Hall–Kier alpha value is -0.250. The van der Waals surface area contributed by atoms with Crippen LogP contribution in [0.1, 0.15) is 29.8 Å². The Morgan fingerprint density at radius 2 is 1.80 bits per heavy atom. The summed E-state index contributed by atoms with van der Waals surface area (Å²) in [7, 11) is 0. The van der Waals surface area contributed by atoms with Crippen LogP contribution in [-0.2, 0) is 6.42 Å². The molecule has 5 heteroatoms. The average molecular weight is 349 g/mol. The normalized spacial score (nSPS) is 12.6. The summed E-state index contributed by atoms with van der Waals surface area (Å²) in [5, 5.41) is 4.88. The molecule has 1 aromatic heterocycles. The van der Waals surface area contributed by atoms with E-state index in [0.717, 1.165) is 29.3 Å². The van der Waals surface area contributed by atoms with Crippen LogP contribution in [0.3, 0.4) is 0 Å². The van der Waals surface area contributed by atoms with Gasteiger partial charge in [0, 0.05) is 27.4 Å². The van der Waals surface area contributed by atoms with Crippen molar-refractivity contribution in [3.05, 3.63) is 55.2 Å². The lowest BCUT2D eigenvalue weighted by Crippen LogP contribution is -2.23. The van der Waals surface area contributed by atoms with Gasteiger partial charge in [-0.25, -0.2) is 0 Å². The van der Waals surface area contributed by atoms with Gasteiger partial charge in [0.25, 0.3) is 0 Å². The molecule has 108 valence electrons. The monoisotopic (exact) mass is 347 g/mol. The number of hydrogen-bond acceptors (Lipinski definition) is 2. The van der Waals surface area contributed by atoms with E-state index in [-0.39, 0.29) is 6.04 Å². The molecule has 1 heterocycles. The fourth-order valence-electron chi connectivity index (χ4n) is 2.07. The Kier molecular flexibility index (Phi) is 6.19. The summed E-state index contributed by atoms with van der Waals surface area (Å²) in [5.74, 6) is 0. The zero-order valence-electron chi connectivity index (χ0n) is 11.1. The Balaban J connectivity index is 2.21. The van der Waals surface area contributed by atoms with Gasteiger partial charge >= 0.3 is 0 Å². The van der Waals surface area contributed by atoms with Gasteiger partial charge in [0.15, 0.2) is 0 Å². The molecule has 1 atom stereocenters. The molecule has 1 nitrogen and oxygen atoms in total. The van der Waals surface area contributed by atoms with Gasteiger partial charge in [-0.1, -0.05) is 41.7 Å². The summed E-state index contributed by atoms with van der Waals surface area (Å²) < 4.78 is 0.818. The van der Waals surface area contributed by atoms with Gasteiger partial charge in [-0.05, 0) is 48.9 Å². The van der Waals surface area contributed by atoms with Crippen molar-refractivity contribution in [3.8, 4) is 0 Å². The molecule has 1 unspecified atom stereocenters. The summed E-state index contributed by atoms with van der Waals surface area (Å²) in [6.07, 6.45) is 1.96. The van der Waals surface area contributed by atoms with E-state index in [0.29, 0.717) is 10.0 Å². The van der Waals surface area contributed by atoms with Crippen molar-refractivity contribution < 1.29 is 0 Å². The summed E-state index contributed by atoms with van der Waals surface area (Å²) in [6.45, 7) is 3.10. The number of halogens is 3. The Labute approximate surface area is 138 Å². The van der Waals surface area contributed by atoms with Crippen LogP contribution in [0.5, 0.6) is 0 Å². The quantitative estimate of drug-likeness (QED) is 0.676. The molecule has 1 N–H and O–H groups in total. The first-order valence-electron chi connectivity index (χ1n) is 6.52. The van der Waals surface area contributed by atoms with Gasteiger partial charge in [-0.2, -0.15) is 0 Å². The largest absolute Gasteiger partial charge is 0.310 e. The molecule has 1 aromatic carbocycles. The van der Waals surface area contributed by atoms with Crippen LogP contribution in [0.25, 0.3) is 0 Å². The number of nitrogens with one attached hydrogen (secondary N) is 1. The van der Waals surface area contributed by atoms with Crippen molar-refractivity contribution in [1.82, 2.24) is 5.32 Å². The summed E-state index contributed by atoms with van der Waals surface area (Å²) in [4.78, 5) is 1.25. The Morgan fingerprint density at radius 1 is 1.10 bits per heavy atom. The van der Waals surface area contributed by atoms with Crippen molar-refractivity contribution in [2.45, 2.75) is 25.8 Å². The van der Waals surface area contributed by atoms with Crippen LogP contribution in [0.2, 0.25) is 14.4 Å². The SMILES string of the molecule is CCCNC(Cc1ccc(Cl)s1)c1cc(Cl)cc(Cl)c1. The highest BCUT2D eigenvalue weighted by Crippen LogP contribution is 2.29. The molecule has 0 bridgehead atoms. The van der Waals surface area contributed by atoms with E-state index in [4.69, 9.17) is 34.8 Å². The molecule has 0 aliphatic carbocycles. The third-order valence-electron chi connectivity index (χ3n) is 2.96. The van der Waals surface area contributed by atoms with E-state index in [1.165, 1.54) is 4.88 Å². The molecule has 2 rings (SSSR count). The second-order valence-electron chi connectivity index (χ2n) is 4.62. The average Bonchev–Trinajstić information content (AvgIpc) is 2.79.